The molecule has 0 spiro atoms. The molecule has 8 heteroatoms. The van der Waals surface area contributed by atoms with Crippen LogP contribution in [0.5, 0.6) is 0 Å². The zero-order valence-corrected chi connectivity index (χ0v) is 16.6. The molecule has 1 saturated heterocycles. The van der Waals surface area contributed by atoms with E-state index in [0.29, 0.717) is 24.7 Å². The average molecular weight is 392 g/mol. The Hall–Kier alpha value is -0.700. The minimum atomic E-state index is -3.46. The number of benzene rings is 1. The first-order valence-electron chi connectivity index (χ1n) is 8.97. The Kier molecular flexibility index (Phi) is 7.67. The standard InChI is InChI=1S/C17H28ClN3O3S/c1-3-19(4-2)13-16(22)14-20-9-11-21(12-10-20)25(23,24)17-7-5-15(18)6-8-17/h5-8,16,22H,3-4,9-14H2,1-2H3/p+2/t16-/m1/s1. The molecule has 1 aromatic carbocycles. The fraction of sp³-hybridized carbons (Fsp3) is 0.647. The fourth-order valence-electron chi connectivity index (χ4n) is 3.28. The van der Waals surface area contributed by atoms with Crippen molar-refractivity contribution < 1.29 is 23.3 Å². The molecule has 1 aliphatic heterocycles. The number of piperazine rings is 1. The van der Waals surface area contributed by atoms with E-state index in [-0.39, 0.29) is 11.0 Å². The molecule has 142 valence electrons. The number of quaternary nitrogens is 2. The van der Waals surface area contributed by atoms with E-state index in [1.54, 1.807) is 24.3 Å². The van der Waals surface area contributed by atoms with Gasteiger partial charge in [-0.25, -0.2) is 8.42 Å². The molecular formula is C17H30ClN3O3S+2. The molecule has 6 nitrogen and oxygen atoms in total. The van der Waals surface area contributed by atoms with Gasteiger partial charge < -0.3 is 14.9 Å². The van der Waals surface area contributed by atoms with E-state index in [1.165, 1.54) is 14.1 Å². The summed E-state index contributed by atoms with van der Waals surface area (Å²) in [5, 5.41) is 10.8. The number of aliphatic hydroxyl groups is 1. The van der Waals surface area contributed by atoms with Crippen molar-refractivity contribution >= 4 is 21.6 Å². The summed E-state index contributed by atoms with van der Waals surface area (Å²) in [6.45, 7) is 10.1. The number of hydrogen-bond donors (Lipinski definition) is 3. The van der Waals surface area contributed by atoms with Gasteiger partial charge >= 0.3 is 0 Å². The van der Waals surface area contributed by atoms with Gasteiger partial charge in [0.05, 0.1) is 44.2 Å². The first kappa shape index (κ1) is 20.6. The van der Waals surface area contributed by atoms with Crippen molar-refractivity contribution in [2.75, 3.05) is 52.4 Å². The Morgan fingerprint density at radius 1 is 1.20 bits per heavy atom. The number of rotatable bonds is 8. The summed E-state index contributed by atoms with van der Waals surface area (Å²) in [7, 11) is -3.46. The first-order chi connectivity index (χ1) is 11.9. The fourth-order valence-corrected chi connectivity index (χ4v) is 4.85. The molecule has 3 N–H and O–H groups in total. The summed E-state index contributed by atoms with van der Waals surface area (Å²) in [6, 6.07) is 6.30. The zero-order chi connectivity index (χ0) is 18.4. The highest BCUT2D eigenvalue weighted by atomic mass is 35.5. The smallest absolute Gasteiger partial charge is 0.243 e. The van der Waals surface area contributed by atoms with Crippen molar-refractivity contribution in [3.63, 3.8) is 0 Å². The molecule has 25 heavy (non-hydrogen) atoms. The van der Waals surface area contributed by atoms with Crippen LogP contribution in [0.25, 0.3) is 0 Å². The van der Waals surface area contributed by atoms with E-state index in [4.69, 9.17) is 11.6 Å². The number of aliphatic hydroxyl groups excluding tert-OH is 1. The van der Waals surface area contributed by atoms with Crippen LogP contribution in [0.3, 0.4) is 0 Å². The minimum absolute atomic E-state index is 0.283. The van der Waals surface area contributed by atoms with E-state index in [9.17, 15) is 13.5 Å². The minimum Gasteiger partial charge on any atom is -0.382 e. The largest absolute Gasteiger partial charge is 0.382 e. The van der Waals surface area contributed by atoms with Crippen molar-refractivity contribution in [2.24, 2.45) is 0 Å². The maximum Gasteiger partial charge on any atom is 0.243 e. The van der Waals surface area contributed by atoms with Crippen LogP contribution in [-0.4, -0.2) is 76.3 Å². The molecular weight excluding hydrogens is 362 g/mol. The van der Waals surface area contributed by atoms with Crippen LogP contribution in [-0.2, 0) is 10.0 Å². The maximum atomic E-state index is 12.7. The maximum absolute atomic E-state index is 12.7. The number of halogens is 1. The number of likely N-dealkylation sites (N-methyl/N-ethyl adjacent to an activating group) is 1. The third-order valence-electron chi connectivity index (χ3n) is 4.93. The zero-order valence-electron chi connectivity index (χ0n) is 15.0. The van der Waals surface area contributed by atoms with Crippen molar-refractivity contribution in [3.8, 4) is 0 Å². The molecule has 0 radical (unpaired) electrons. The molecule has 1 aromatic rings. The summed E-state index contributed by atoms with van der Waals surface area (Å²) in [6.07, 6.45) is -0.343. The summed E-state index contributed by atoms with van der Waals surface area (Å²) >= 11 is 5.83. The second kappa shape index (κ2) is 9.30. The molecule has 2 rings (SSSR count). The molecule has 1 atom stereocenters. The molecule has 1 fully saturated rings. The van der Waals surface area contributed by atoms with Gasteiger partial charge in [0.15, 0.2) is 6.10 Å². The van der Waals surface area contributed by atoms with Crippen LogP contribution in [0.2, 0.25) is 5.02 Å². The molecule has 0 aromatic heterocycles. The quantitative estimate of drug-likeness (QED) is 0.506. The van der Waals surface area contributed by atoms with E-state index in [1.807, 2.05) is 0 Å². The number of hydrogen-bond acceptors (Lipinski definition) is 3. The third kappa shape index (κ3) is 5.64. The second-order valence-corrected chi connectivity index (χ2v) is 9.00. The first-order valence-corrected chi connectivity index (χ1v) is 10.8. The lowest BCUT2D eigenvalue weighted by Crippen LogP contribution is -3.18. The van der Waals surface area contributed by atoms with E-state index in [0.717, 1.165) is 32.7 Å². The van der Waals surface area contributed by atoms with Gasteiger partial charge in [0.2, 0.25) is 10.0 Å². The van der Waals surface area contributed by atoms with E-state index < -0.39 is 10.0 Å². The van der Waals surface area contributed by atoms with E-state index in [2.05, 4.69) is 13.8 Å². The Morgan fingerprint density at radius 3 is 2.28 bits per heavy atom. The Labute approximate surface area is 156 Å². The molecule has 0 unspecified atom stereocenters. The Balaban J connectivity index is 1.87. The van der Waals surface area contributed by atoms with Gasteiger partial charge in [-0.1, -0.05) is 11.6 Å². The van der Waals surface area contributed by atoms with Crippen LogP contribution in [0.15, 0.2) is 29.2 Å². The molecule has 0 bridgehead atoms. The Bertz CT molecular complexity index is 627. The number of nitrogens with zero attached hydrogens (tertiary/aromatic N) is 1. The van der Waals surface area contributed by atoms with Crippen LogP contribution < -0.4 is 9.80 Å². The van der Waals surface area contributed by atoms with Gasteiger partial charge in [0.1, 0.15) is 13.1 Å². The van der Waals surface area contributed by atoms with Crippen molar-refractivity contribution in [3.05, 3.63) is 29.3 Å². The Morgan fingerprint density at radius 2 is 1.76 bits per heavy atom. The summed E-state index contributed by atoms with van der Waals surface area (Å²) in [5.41, 5.74) is 0. The molecule has 0 aliphatic carbocycles. The van der Waals surface area contributed by atoms with Crippen LogP contribution >= 0.6 is 11.6 Å². The predicted molar refractivity (Wildman–Crippen MR) is 98.7 cm³/mol. The van der Waals surface area contributed by atoms with Gasteiger partial charge in [-0.05, 0) is 38.1 Å². The van der Waals surface area contributed by atoms with Gasteiger partial charge in [-0.3, -0.25) is 0 Å². The van der Waals surface area contributed by atoms with Crippen LogP contribution in [0.1, 0.15) is 13.8 Å². The van der Waals surface area contributed by atoms with Crippen molar-refractivity contribution in [2.45, 2.75) is 24.8 Å². The normalized spacial score (nSPS) is 18.6. The van der Waals surface area contributed by atoms with Crippen molar-refractivity contribution in [1.29, 1.82) is 0 Å². The summed E-state index contributed by atoms with van der Waals surface area (Å²) < 4.78 is 26.9. The lowest BCUT2D eigenvalue weighted by molar-refractivity contribution is -0.925. The molecule has 0 amide bonds. The van der Waals surface area contributed by atoms with Gasteiger partial charge in [0, 0.05) is 5.02 Å². The number of nitrogens with one attached hydrogen (secondary N) is 2. The van der Waals surface area contributed by atoms with Gasteiger partial charge in [0.25, 0.3) is 0 Å². The monoisotopic (exact) mass is 391 g/mol. The summed E-state index contributed by atoms with van der Waals surface area (Å²) in [5.74, 6) is 0. The topological polar surface area (TPSA) is 66.5 Å². The lowest BCUT2D eigenvalue weighted by atomic mass is 10.2. The van der Waals surface area contributed by atoms with Crippen LogP contribution in [0.4, 0.5) is 0 Å². The van der Waals surface area contributed by atoms with Gasteiger partial charge in [-0.2, -0.15) is 4.31 Å². The van der Waals surface area contributed by atoms with E-state index >= 15 is 0 Å². The SMILES string of the molecule is CC[NH+](CC)C[C@@H](O)C[NH+]1CCN(S(=O)(=O)c2ccc(Cl)cc2)CC1. The predicted octanol–water partition coefficient (Wildman–Crippen LogP) is -1.49. The number of sulfonamides is 1. The summed E-state index contributed by atoms with van der Waals surface area (Å²) in [4.78, 5) is 2.93. The van der Waals surface area contributed by atoms with Gasteiger partial charge in [-0.15, -0.1) is 0 Å². The average Bonchev–Trinajstić information content (AvgIpc) is 2.60. The van der Waals surface area contributed by atoms with Crippen molar-refractivity contribution in [1.82, 2.24) is 4.31 Å². The molecule has 1 heterocycles. The lowest BCUT2D eigenvalue weighted by Gasteiger charge is -2.32. The molecule has 1 aliphatic rings. The highest BCUT2D eigenvalue weighted by Crippen LogP contribution is 2.18. The van der Waals surface area contributed by atoms with Crippen LogP contribution in [0, 0.1) is 0 Å². The second-order valence-electron chi connectivity index (χ2n) is 6.63. The highest BCUT2D eigenvalue weighted by molar-refractivity contribution is 7.89. The molecule has 0 saturated carbocycles. The third-order valence-corrected chi connectivity index (χ3v) is 7.09. The highest BCUT2D eigenvalue weighted by Gasteiger charge is 2.31.